The van der Waals surface area contributed by atoms with Gasteiger partial charge in [-0.15, -0.1) is 0 Å². The second kappa shape index (κ2) is 8.51. The first-order valence-corrected chi connectivity index (χ1v) is 9.02. The third kappa shape index (κ3) is 4.75. The maximum atomic E-state index is 12.8. The summed E-state index contributed by atoms with van der Waals surface area (Å²) in [6.45, 7) is 3.41. The number of carbonyl (C=O) groups is 2. The predicted octanol–water partition coefficient (Wildman–Crippen LogP) is 3.28. The van der Waals surface area contributed by atoms with Gasteiger partial charge in [-0.25, -0.2) is 0 Å². The molecular formula is C20H20N4O5. The van der Waals surface area contributed by atoms with Crippen LogP contribution < -0.4 is 5.32 Å². The molecule has 0 aliphatic heterocycles. The van der Waals surface area contributed by atoms with Crippen molar-refractivity contribution in [1.29, 1.82) is 0 Å². The number of carbonyl (C=O) groups excluding carboxylic acids is 2. The predicted molar refractivity (Wildman–Crippen MR) is 105 cm³/mol. The van der Waals surface area contributed by atoms with Gasteiger partial charge in [0.2, 0.25) is 0 Å². The number of para-hydroxylation sites is 1. The Morgan fingerprint density at radius 1 is 1.24 bits per heavy atom. The third-order valence-corrected chi connectivity index (χ3v) is 4.26. The lowest BCUT2D eigenvalue weighted by Gasteiger charge is -2.19. The molecule has 0 bridgehead atoms. The highest BCUT2D eigenvalue weighted by molar-refractivity contribution is 5.98. The molecule has 1 amide bonds. The van der Waals surface area contributed by atoms with E-state index in [1.165, 1.54) is 18.2 Å². The molecule has 9 nitrogen and oxygen atoms in total. The van der Waals surface area contributed by atoms with Gasteiger partial charge in [-0.2, -0.15) is 5.10 Å². The van der Waals surface area contributed by atoms with Gasteiger partial charge < -0.3 is 10.1 Å². The molecule has 3 rings (SSSR count). The Morgan fingerprint density at radius 3 is 2.72 bits per heavy atom. The molecule has 1 atom stereocenters. The summed E-state index contributed by atoms with van der Waals surface area (Å²) in [4.78, 5) is 35.9. The number of hydrogen-bond donors (Lipinski definition) is 2. The van der Waals surface area contributed by atoms with Crippen molar-refractivity contribution in [3.63, 3.8) is 0 Å². The van der Waals surface area contributed by atoms with Gasteiger partial charge in [0.05, 0.1) is 40.8 Å². The number of esters is 1. The highest BCUT2D eigenvalue weighted by atomic mass is 16.6. The van der Waals surface area contributed by atoms with Crippen molar-refractivity contribution in [2.45, 2.75) is 32.4 Å². The van der Waals surface area contributed by atoms with Gasteiger partial charge in [-0.1, -0.05) is 24.3 Å². The molecule has 2 aromatic carbocycles. The number of aromatic nitrogens is 2. The minimum atomic E-state index is -0.923. The lowest BCUT2D eigenvalue weighted by atomic mass is 10.0. The molecule has 29 heavy (non-hydrogen) atoms. The van der Waals surface area contributed by atoms with Crippen molar-refractivity contribution in [1.82, 2.24) is 15.5 Å². The molecule has 0 aliphatic rings. The summed E-state index contributed by atoms with van der Waals surface area (Å²) in [7, 11) is 0. The normalized spacial score (nSPS) is 12.0. The fraction of sp³-hybridized carbons (Fsp3) is 0.250. The first-order chi connectivity index (χ1) is 13.8. The number of ether oxygens (including phenoxy) is 1. The number of hydrogen-bond acceptors (Lipinski definition) is 6. The molecule has 0 saturated heterocycles. The van der Waals surface area contributed by atoms with Crippen molar-refractivity contribution in [2.75, 3.05) is 0 Å². The Balaban J connectivity index is 1.91. The maximum absolute atomic E-state index is 12.8. The van der Waals surface area contributed by atoms with E-state index in [9.17, 15) is 19.7 Å². The molecule has 0 radical (unpaired) electrons. The zero-order valence-electron chi connectivity index (χ0n) is 15.9. The maximum Gasteiger partial charge on any atom is 0.308 e. The standard InChI is InChI=1S/C20H20N4O5/c1-12(2)29-19(25)10-17(15-5-3-4-6-18(15)24(27)28)22-20(26)13-7-8-14-11-21-23-16(14)9-13/h3-9,11-12,17H,10H2,1-2H3,(H,21,23)(H,22,26). The third-order valence-electron chi connectivity index (χ3n) is 4.26. The number of rotatable bonds is 7. The van der Waals surface area contributed by atoms with Gasteiger partial charge in [-0.05, 0) is 26.0 Å². The Kier molecular flexibility index (Phi) is 5.87. The Morgan fingerprint density at radius 2 is 2.00 bits per heavy atom. The largest absolute Gasteiger partial charge is 0.463 e. The van der Waals surface area contributed by atoms with E-state index in [4.69, 9.17) is 4.74 Å². The highest BCUT2D eigenvalue weighted by Gasteiger charge is 2.27. The van der Waals surface area contributed by atoms with Crippen molar-refractivity contribution >= 4 is 28.5 Å². The van der Waals surface area contributed by atoms with Crippen LogP contribution in [0.1, 0.15) is 42.2 Å². The van der Waals surface area contributed by atoms with Gasteiger partial charge in [-0.3, -0.25) is 24.8 Å². The van der Waals surface area contributed by atoms with Crippen LogP contribution in [0.15, 0.2) is 48.7 Å². The van der Waals surface area contributed by atoms with Crippen LogP contribution in [0, 0.1) is 10.1 Å². The van der Waals surface area contributed by atoms with Crippen LogP contribution in [0.2, 0.25) is 0 Å². The molecule has 0 saturated carbocycles. The van der Waals surface area contributed by atoms with Gasteiger partial charge in [0.25, 0.3) is 11.6 Å². The van der Waals surface area contributed by atoms with Gasteiger partial charge in [0, 0.05) is 17.0 Å². The number of aromatic amines is 1. The molecule has 0 aliphatic carbocycles. The summed E-state index contributed by atoms with van der Waals surface area (Å²) < 4.78 is 5.16. The monoisotopic (exact) mass is 396 g/mol. The minimum Gasteiger partial charge on any atom is -0.463 e. The quantitative estimate of drug-likeness (QED) is 0.358. The molecule has 1 aromatic heterocycles. The fourth-order valence-electron chi connectivity index (χ4n) is 2.98. The lowest BCUT2D eigenvalue weighted by molar-refractivity contribution is -0.385. The van der Waals surface area contributed by atoms with Crippen LogP contribution in [0.4, 0.5) is 5.69 Å². The average molecular weight is 396 g/mol. The molecule has 150 valence electrons. The lowest BCUT2D eigenvalue weighted by Crippen LogP contribution is -2.31. The first-order valence-electron chi connectivity index (χ1n) is 9.02. The van der Waals surface area contributed by atoms with Crippen molar-refractivity contribution < 1.29 is 19.2 Å². The topological polar surface area (TPSA) is 127 Å². The Hall–Kier alpha value is -3.75. The highest BCUT2D eigenvalue weighted by Crippen LogP contribution is 2.28. The number of H-pyrrole nitrogens is 1. The van der Waals surface area contributed by atoms with Crippen molar-refractivity contribution in [3.05, 3.63) is 69.9 Å². The van der Waals surface area contributed by atoms with Crippen LogP contribution in [0.25, 0.3) is 10.9 Å². The van der Waals surface area contributed by atoms with Crippen molar-refractivity contribution in [3.8, 4) is 0 Å². The number of nitro groups is 1. The Labute approximate surface area is 166 Å². The van der Waals surface area contributed by atoms with Crippen LogP contribution in [-0.2, 0) is 9.53 Å². The summed E-state index contributed by atoms with van der Waals surface area (Å²) in [5.74, 6) is -1.03. The zero-order chi connectivity index (χ0) is 21.0. The molecule has 2 N–H and O–H groups in total. The zero-order valence-corrected chi connectivity index (χ0v) is 15.9. The average Bonchev–Trinajstić information content (AvgIpc) is 3.14. The minimum absolute atomic E-state index is 0.181. The first kappa shape index (κ1) is 20.0. The molecule has 0 spiro atoms. The van der Waals surface area contributed by atoms with Crippen LogP contribution in [0.3, 0.4) is 0 Å². The second-order valence-electron chi connectivity index (χ2n) is 6.76. The summed E-state index contributed by atoms with van der Waals surface area (Å²) in [6.07, 6.45) is 1.06. The number of amides is 1. The van der Waals surface area contributed by atoms with E-state index >= 15 is 0 Å². The number of nitrogens with one attached hydrogen (secondary N) is 2. The van der Waals surface area contributed by atoms with Gasteiger partial charge >= 0.3 is 5.97 Å². The SMILES string of the molecule is CC(C)OC(=O)CC(NC(=O)c1ccc2cn[nH]c2c1)c1ccccc1[N+](=O)[O-]. The van der Waals surface area contributed by atoms with Crippen LogP contribution in [0.5, 0.6) is 0 Å². The molecule has 1 heterocycles. The van der Waals surface area contributed by atoms with Crippen LogP contribution in [-0.4, -0.2) is 33.1 Å². The van der Waals surface area contributed by atoms with E-state index in [0.717, 1.165) is 5.39 Å². The number of nitrogens with zero attached hydrogens (tertiary/aromatic N) is 2. The van der Waals surface area contributed by atoms with E-state index in [1.807, 2.05) is 0 Å². The molecular weight excluding hydrogens is 376 g/mol. The molecule has 3 aromatic rings. The summed E-state index contributed by atoms with van der Waals surface area (Å²) >= 11 is 0. The fourth-order valence-corrected chi connectivity index (χ4v) is 2.98. The van der Waals surface area contributed by atoms with Crippen LogP contribution >= 0.6 is 0 Å². The van der Waals surface area contributed by atoms with E-state index in [0.29, 0.717) is 11.1 Å². The van der Waals surface area contributed by atoms with Gasteiger partial charge in [0.15, 0.2) is 0 Å². The number of nitro benzene ring substituents is 1. The Bertz CT molecular complexity index is 1060. The summed E-state index contributed by atoms with van der Waals surface area (Å²) in [6, 6.07) is 10.1. The summed E-state index contributed by atoms with van der Waals surface area (Å²) in [5.41, 5.74) is 1.06. The summed E-state index contributed by atoms with van der Waals surface area (Å²) in [5, 5.41) is 21.7. The number of benzene rings is 2. The number of fused-ring (bicyclic) bond motifs is 1. The second-order valence-corrected chi connectivity index (χ2v) is 6.76. The van der Waals surface area contributed by atoms with E-state index in [-0.39, 0.29) is 23.8 Å². The van der Waals surface area contributed by atoms with E-state index in [2.05, 4.69) is 15.5 Å². The van der Waals surface area contributed by atoms with Gasteiger partial charge in [0.1, 0.15) is 0 Å². The molecule has 1 unspecified atom stereocenters. The van der Waals surface area contributed by atoms with E-state index in [1.54, 1.807) is 44.3 Å². The molecule has 0 fully saturated rings. The smallest absolute Gasteiger partial charge is 0.308 e. The molecule has 9 heteroatoms. The van der Waals surface area contributed by atoms with Crippen molar-refractivity contribution in [2.24, 2.45) is 0 Å². The van der Waals surface area contributed by atoms with E-state index < -0.39 is 22.8 Å².